The number of halogens is 2. The monoisotopic (exact) mass is 394 g/mol. The molecule has 0 aliphatic carbocycles. The first-order valence-electron chi connectivity index (χ1n) is 8.18. The summed E-state index contributed by atoms with van der Waals surface area (Å²) in [5.74, 6) is -0.197. The summed E-state index contributed by atoms with van der Waals surface area (Å²) in [4.78, 5) is 17.4. The van der Waals surface area contributed by atoms with E-state index < -0.39 is 6.04 Å². The zero-order valence-corrected chi connectivity index (χ0v) is 16.5. The molecule has 0 spiro atoms. The number of aromatic nitrogens is 1. The first-order chi connectivity index (χ1) is 12.0. The van der Waals surface area contributed by atoms with Gasteiger partial charge in [0.1, 0.15) is 0 Å². The Morgan fingerprint density at radius 1 is 1.20 bits per heavy atom. The van der Waals surface area contributed by atoms with Gasteiger partial charge in [-0.15, -0.1) is 0 Å². The van der Waals surface area contributed by atoms with Gasteiger partial charge in [0.05, 0.1) is 5.02 Å². The second-order valence-electron chi connectivity index (χ2n) is 5.61. The summed E-state index contributed by atoms with van der Waals surface area (Å²) in [6.45, 7) is 4.54. The van der Waals surface area contributed by atoms with Crippen molar-refractivity contribution < 1.29 is 9.36 Å². The Bertz CT molecular complexity index is 775. The fourth-order valence-corrected chi connectivity index (χ4v) is 3.41. The molecule has 0 aliphatic rings. The molecule has 1 heterocycles. The van der Waals surface area contributed by atoms with Crippen molar-refractivity contribution in [2.24, 2.45) is 4.99 Å². The van der Waals surface area contributed by atoms with Crippen LogP contribution >= 0.6 is 23.2 Å². The van der Waals surface area contributed by atoms with Gasteiger partial charge in [0.25, 0.3) is 0 Å². The topological polar surface area (TPSA) is 33.3 Å². The fraction of sp³-hybridized carbons (Fsp3) is 0.316. The lowest BCUT2D eigenvalue weighted by Crippen LogP contribution is -2.47. The van der Waals surface area contributed by atoms with E-state index in [0.29, 0.717) is 27.2 Å². The van der Waals surface area contributed by atoms with Gasteiger partial charge in [0.15, 0.2) is 12.4 Å². The third-order valence-corrected chi connectivity index (χ3v) is 4.65. The van der Waals surface area contributed by atoms with Gasteiger partial charge in [-0.2, -0.15) is 4.57 Å². The summed E-state index contributed by atoms with van der Waals surface area (Å²) in [5, 5.41) is 1.13. The Morgan fingerprint density at radius 3 is 2.44 bits per heavy atom. The molecule has 0 bridgehead atoms. The molecule has 1 atom stereocenters. The predicted molar refractivity (Wildman–Crippen MR) is 106 cm³/mol. The standard InChI is InChI=1S/C19H20Cl2N2OS/c1-3-5-13-8-10-23(11-9-13)17(19(25)22-4-2)18(24)15-7-6-14(20)12-16(15)21/h6-12,17H,3-5H2,1-2H3/t17-/m0/s1. The third-order valence-electron chi connectivity index (χ3n) is 3.75. The minimum absolute atomic E-state index is 0.197. The highest BCUT2D eigenvalue weighted by Crippen LogP contribution is 2.24. The number of ketones is 1. The highest BCUT2D eigenvalue weighted by Gasteiger charge is 2.29. The van der Waals surface area contributed by atoms with E-state index in [9.17, 15) is 4.79 Å². The van der Waals surface area contributed by atoms with E-state index in [1.54, 1.807) is 22.8 Å². The number of pyridine rings is 1. The number of Topliss-reactive ketones (excluding diaryl/α,β-unsaturated/α-hetero) is 1. The normalized spacial score (nSPS) is 12.9. The van der Waals surface area contributed by atoms with Crippen molar-refractivity contribution in [3.8, 4) is 0 Å². The van der Waals surface area contributed by atoms with Gasteiger partial charge in [0.2, 0.25) is 11.8 Å². The van der Waals surface area contributed by atoms with E-state index in [2.05, 4.69) is 11.9 Å². The SMILES string of the molecule is CCCc1cc[n+]([C@@H](C(=O)c2ccc(Cl)cc2Cl)C([S-])=NCC)cc1. The Morgan fingerprint density at radius 2 is 1.88 bits per heavy atom. The maximum Gasteiger partial charge on any atom is 0.237 e. The van der Waals surface area contributed by atoms with Crippen LogP contribution in [0, 0.1) is 0 Å². The molecule has 3 nitrogen and oxygen atoms in total. The predicted octanol–water partition coefficient (Wildman–Crippen LogP) is 4.62. The van der Waals surface area contributed by atoms with Crippen molar-refractivity contribution >= 4 is 46.7 Å². The zero-order chi connectivity index (χ0) is 18.4. The number of carbonyl (C=O) groups is 1. The Balaban J connectivity index is 2.45. The van der Waals surface area contributed by atoms with Crippen LogP contribution in [-0.4, -0.2) is 17.4 Å². The molecular formula is C19H20Cl2N2OS. The van der Waals surface area contributed by atoms with Crippen LogP contribution in [0.15, 0.2) is 47.7 Å². The van der Waals surface area contributed by atoms with Crippen LogP contribution in [0.25, 0.3) is 0 Å². The van der Waals surface area contributed by atoms with Gasteiger partial charge >= 0.3 is 0 Å². The number of hydrogen-bond acceptors (Lipinski definition) is 3. The van der Waals surface area contributed by atoms with Crippen LogP contribution in [-0.2, 0) is 19.0 Å². The first kappa shape index (κ1) is 19.8. The summed E-state index contributed by atoms with van der Waals surface area (Å²) >= 11 is 17.6. The molecule has 0 unspecified atom stereocenters. The van der Waals surface area contributed by atoms with E-state index in [0.717, 1.165) is 12.8 Å². The van der Waals surface area contributed by atoms with Crippen LogP contribution < -0.4 is 4.57 Å². The number of carbonyl (C=O) groups excluding carboxylic acids is 1. The van der Waals surface area contributed by atoms with Crippen molar-refractivity contribution in [2.45, 2.75) is 32.7 Å². The zero-order valence-electron chi connectivity index (χ0n) is 14.2. The van der Waals surface area contributed by atoms with Gasteiger partial charge < -0.3 is 17.6 Å². The van der Waals surface area contributed by atoms with Gasteiger partial charge in [-0.1, -0.05) is 36.5 Å². The van der Waals surface area contributed by atoms with Gasteiger partial charge in [-0.25, -0.2) is 0 Å². The number of benzene rings is 1. The minimum Gasteiger partial charge on any atom is -0.758 e. The van der Waals surface area contributed by atoms with Crippen LogP contribution in [0.5, 0.6) is 0 Å². The summed E-state index contributed by atoms with van der Waals surface area (Å²) in [6.07, 6.45) is 5.80. The average Bonchev–Trinajstić information content (AvgIpc) is 2.57. The van der Waals surface area contributed by atoms with E-state index in [-0.39, 0.29) is 5.78 Å². The van der Waals surface area contributed by atoms with Crippen LogP contribution in [0.2, 0.25) is 10.0 Å². The number of aryl methyl sites for hydroxylation is 1. The molecular weight excluding hydrogens is 375 g/mol. The second kappa shape index (κ2) is 9.27. The number of nitrogens with zero attached hydrogens (tertiary/aromatic N) is 2. The Kier molecular flexibility index (Phi) is 7.36. The van der Waals surface area contributed by atoms with Gasteiger partial charge in [-0.05, 0) is 42.2 Å². The molecule has 2 rings (SSSR count). The van der Waals surface area contributed by atoms with Gasteiger partial charge in [-0.3, -0.25) is 4.79 Å². The lowest BCUT2D eigenvalue weighted by molar-refractivity contribution is -0.692. The van der Waals surface area contributed by atoms with Crippen molar-refractivity contribution in [3.63, 3.8) is 0 Å². The molecule has 0 aliphatic heterocycles. The number of aliphatic imine (C=N–C) groups is 1. The molecule has 0 radical (unpaired) electrons. The average molecular weight is 395 g/mol. The van der Waals surface area contributed by atoms with E-state index in [4.69, 9.17) is 35.8 Å². The Hall–Kier alpha value is -1.49. The highest BCUT2D eigenvalue weighted by atomic mass is 35.5. The molecule has 25 heavy (non-hydrogen) atoms. The van der Waals surface area contributed by atoms with Crippen LogP contribution in [0.4, 0.5) is 0 Å². The summed E-state index contributed by atoms with van der Waals surface area (Å²) in [6, 6.07) is 8.13. The first-order valence-corrected chi connectivity index (χ1v) is 9.34. The van der Waals surface area contributed by atoms with Crippen molar-refractivity contribution in [1.29, 1.82) is 0 Å². The van der Waals surface area contributed by atoms with Crippen molar-refractivity contribution in [2.75, 3.05) is 6.54 Å². The molecule has 6 heteroatoms. The lowest BCUT2D eigenvalue weighted by atomic mass is 10.0. The molecule has 1 aromatic carbocycles. The molecule has 1 aromatic heterocycles. The number of hydrogen-bond donors (Lipinski definition) is 0. The van der Waals surface area contributed by atoms with Gasteiger partial charge in [0, 0.05) is 29.3 Å². The lowest BCUT2D eigenvalue weighted by Gasteiger charge is -2.19. The minimum atomic E-state index is -0.704. The molecule has 0 saturated carbocycles. The smallest absolute Gasteiger partial charge is 0.237 e. The summed E-state index contributed by atoms with van der Waals surface area (Å²) in [7, 11) is 0. The molecule has 0 fully saturated rings. The van der Waals surface area contributed by atoms with E-state index in [1.807, 2.05) is 31.5 Å². The molecule has 132 valence electrons. The van der Waals surface area contributed by atoms with Crippen LogP contribution in [0.1, 0.15) is 42.2 Å². The molecule has 0 amide bonds. The third kappa shape index (κ3) is 5.00. The molecule has 0 N–H and O–H groups in total. The maximum atomic E-state index is 13.1. The largest absolute Gasteiger partial charge is 0.758 e. The second-order valence-corrected chi connectivity index (χ2v) is 6.87. The fourth-order valence-electron chi connectivity index (χ4n) is 2.55. The number of rotatable bonds is 7. The van der Waals surface area contributed by atoms with Crippen molar-refractivity contribution in [1.82, 2.24) is 0 Å². The quantitative estimate of drug-likeness (QED) is 0.225. The highest BCUT2D eigenvalue weighted by molar-refractivity contribution is 7.77. The van der Waals surface area contributed by atoms with Crippen LogP contribution in [0.3, 0.4) is 0 Å². The van der Waals surface area contributed by atoms with E-state index in [1.165, 1.54) is 5.56 Å². The van der Waals surface area contributed by atoms with E-state index >= 15 is 0 Å². The maximum absolute atomic E-state index is 13.1. The van der Waals surface area contributed by atoms with Crippen molar-refractivity contribution in [3.05, 3.63) is 63.9 Å². The Labute approximate surface area is 164 Å². The summed E-state index contributed by atoms with van der Waals surface area (Å²) < 4.78 is 1.79. The molecule has 2 aromatic rings. The molecule has 0 saturated heterocycles. The summed E-state index contributed by atoms with van der Waals surface area (Å²) in [5.41, 5.74) is 1.60.